The van der Waals surface area contributed by atoms with Crippen LogP contribution in [-0.2, 0) is 11.3 Å². The van der Waals surface area contributed by atoms with Gasteiger partial charge in [0.25, 0.3) is 0 Å². The number of rotatable bonds is 4. The number of amides is 2. The molecule has 1 aromatic carbocycles. The number of pyridine rings is 1. The van der Waals surface area contributed by atoms with E-state index in [1.807, 2.05) is 12.3 Å². The maximum Gasteiger partial charge on any atom is 0.315 e. The molecule has 2 saturated heterocycles. The molecule has 2 aromatic rings. The van der Waals surface area contributed by atoms with Crippen molar-refractivity contribution in [3.63, 3.8) is 0 Å². The minimum Gasteiger partial charge on any atom is -0.381 e. The predicted molar refractivity (Wildman–Crippen MR) is 120 cm³/mol. The molecule has 0 aliphatic carbocycles. The second kappa shape index (κ2) is 8.97. The van der Waals surface area contributed by atoms with Gasteiger partial charge in [-0.1, -0.05) is 24.3 Å². The molecule has 1 atom stereocenters. The summed E-state index contributed by atoms with van der Waals surface area (Å²) in [5.74, 6) is 1.43. The lowest BCUT2D eigenvalue weighted by molar-refractivity contribution is 0.0488. The van der Waals surface area contributed by atoms with Crippen molar-refractivity contribution in [3.05, 3.63) is 65.0 Å². The van der Waals surface area contributed by atoms with Gasteiger partial charge in [0.15, 0.2) is 0 Å². The summed E-state index contributed by atoms with van der Waals surface area (Å²) in [6.45, 7) is 5.99. The Morgan fingerprint density at radius 3 is 2.45 bits per heavy atom. The van der Waals surface area contributed by atoms with Gasteiger partial charge in [-0.2, -0.15) is 0 Å². The first-order chi connectivity index (χ1) is 15.2. The maximum atomic E-state index is 12.1. The van der Waals surface area contributed by atoms with Crippen molar-refractivity contribution >= 4 is 6.03 Å². The number of primary amides is 1. The van der Waals surface area contributed by atoms with Crippen LogP contribution >= 0.6 is 0 Å². The highest BCUT2D eigenvalue weighted by atomic mass is 16.5. The summed E-state index contributed by atoms with van der Waals surface area (Å²) in [5.41, 5.74) is 10.4. The SMILES string of the molecule is NC(=O)N1Cc2cnccc2C1c1ccc(C2CCN(CC3CCOCC3)CC2)cc1. The molecule has 0 spiro atoms. The molecule has 0 radical (unpaired) electrons. The highest BCUT2D eigenvalue weighted by Crippen LogP contribution is 2.38. The molecule has 2 amide bonds. The number of fused-ring (bicyclic) bond motifs is 1. The molecule has 6 heteroatoms. The first-order valence-electron chi connectivity index (χ1n) is 11.6. The smallest absolute Gasteiger partial charge is 0.315 e. The third kappa shape index (κ3) is 4.32. The van der Waals surface area contributed by atoms with Gasteiger partial charge in [0, 0.05) is 32.2 Å². The number of nitrogens with zero attached hydrogens (tertiary/aromatic N) is 3. The summed E-state index contributed by atoms with van der Waals surface area (Å²) in [4.78, 5) is 20.6. The second-order valence-electron chi connectivity index (χ2n) is 9.24. The van der Waals surface area contributed by atoms with Crippen molar-refractivity contribution in [2.45, 2.75) is 44.2 Å². The molecule has 2 fully saturated rings. The summed E-state index contributed by atoms with van der Waals surface area (Å²) in [5, 5.41) is 0. The maximum absolute atomic E-state index is 12.1. The Hall–Kier alpha value is -2.44. The van der Waals surface area contributed by atoms with Crippen molar-refractivity contribution < 1.29 is 9.53 Å². The zero-order chi connectivity index (χ0) is 21.2. The average molecular weight is 421 g/mol. The number of aromatic nitrogens is 1. The van der Waals surface area contributed by atoms with Crippen LogP contribution in [0.15, 0.2) is 42.7 Å². The van der Waals surface area contributed by atoms with Crippen LogP contribution in [0, 0.1) is 5.92 Å². The molecule has 1 unspecified atom stereocenters. The monoisotopic (exact) mass is 420 g/mol. The van der Waals surface area contributed by atoms with Crippen molar-refractivity contribution in [2.75, 3.05) is 32.8 Å². The molecule has 5 rings (SSSR count). The molecule has 3 aliphatic heterocycles. The zero-order valence-corrected chi connectivity index (χ0v) is 18.1. The third-order valence-corrected chi connectivity index (χ3v) is 7.34. The largest absolute Gasteiger partial charge is 0.381 e. The van der Waals surface area contributed by atoms with Crippen LogP contribution in [0.5, 0.6) is 0 Å². The third-order valence-electron chi connectivity index (χ3n) is 7.34. The first kappa shape index (κ1) is 20.5. The van der Waals surface area contributed by atoms with E-state index in [4.69, 9.17) is 10.5 Å². The minimum atomic E-state index is -0.387. The van der Waals surface area contributed by atoms with E-state index in [0.29, 0.717) is 12.5 Å². The number of nitrogens with two attached hydrogens (primary N) is 1. The van der Waals surface area contributed by atoms with Gasteiger partial charge < -0.3 is 20.3 Å². The lowest BCUT2D eigenvalue weighted by atomic mass is 9.87. The molecule has 31 heavy (non-hydrogen) atoms. The molecule has 2 N–H and O–H groups in total. The first-order valence-corrected chi connectivity index (χ1v) is 11.6. The number of piperidine rings is 1. The van der Waals surface area contributed by atoms with Crippen molar-refractivity contribution in [2.24, 2.45) is 11.7 Å². The van der Waals surface area contributed by atoms with Crippen LogP contribution in [0.2, 0.25) is 0 Å². The number of benzene rings is 1. The van der Waals surface area contributed by atoms with E-state index in [0.717, 1.165) is 35.8 Å². The topological polar surface area (TPSA) is 71.7 Å². The van der Waals surface area contributed by atoms with Gasteiger partial charge in [-0.3, -0.25) is 4.98 Å². The van der Waals surface area contributed by atoms with Gasteiger partial charge >= 0.3 is 6.03 Å². The zero-order valence-electron chi connectivity index (χ0n) is 18.1. The van der Waals surface area contributed by atoms with Gasteiger partial charge in [-0.25, -0.2) is 4.79 Å². The van der Waals surface area contributed by atoms with Crippen molar-refractivity contribution in [1.29, 1.82) is 0 Å². The number of ether oxygens (including phenoxy) is 1. The van der Waals surface area contributed by atoms with Gasteiger partial charge in [0.05, 0.1) is 12.6 Å². The fourth-order valence-corrected chi connectivity index (χ4v) is 5.54. The molecule has 164 valence electrons. The summed E-state index contributed by atoms with van der Waals surface area (Å²) in [7, 11) is 0. The van der Waals surface area contributed by atoms with Gasteiger partial charge in [-0.05, 0) is 78.9 Å². The molecular weight excluding hydrogens is 388 g/mol. The average Bonchev–Trinajstić information content (AvgIpc) is 3.21. The molecular formula is C25H32N4O2. The number of carbonyl (C=O) groups is 1. The highest BCUT2D eigenvalue weighted by Gasteiger charge is 2.34. The van der Waals surface area contributed by atoms with Crippen LogP contribution in [0.4, 0.5) is 4.79 Å². The molecule has 0 saturated carbocycles. The summed E-state index contributed by atoms with van der Waals surface area (Å²) >= 11 is 0. The Kier molecular flexibility index (Phi) is 5.92. The Balaban J connectivity index is 1.24. The summed E-state index contributed by atoms with van der Waals surface area (Å²) in [6, 6.07) is 10.4. The Morgan fingerprint density at radius 1 is 1.03 bits per heavy atom. The number of urea groups is 1. The second-order valence-corrected chi connectivity index (χ2v) is 9.24. The highest BCUT2D eigenvalue weighted by molar-refractivity contribution is 5.74. The minimum absolute atomic E-state index is 0.120. The summed E-state index contributed by atoms with van der Waals surface area (Å²) in [6.07, 6.45) is 8.49. The van der Waals surface area contributed by atoms with E-state index >= 15 is 0 Å². The molecule has 4 heterocycles. The van der Waals surface area contributed by atoms with Crippen molar-refractivity contribution in [3.8, 4) is 0 Å². The van der Waals surface area contributed by atoms with Crippen LogP contribution < -0.4 is 5.73 Å². The van der Waals surface area contributed by atoms with E-state index < -0.39 is 0 Å². The van der Waals surface area contributed by atoms with Crippen LogP contribution in [0.1, 0.15) is 59.9 Å². The fraction of sp³-hybridized carbons (Fsp3) is 0.520. The molecule has 3 aliphatic rings. The van der Waals surface area contributed by atoms with E-state index in [-0.39, 0.29) is 12.1 Å². The molecule has 1 aromatic heterocycles. The van der Waals surface area contributed by atoms with Crippen LogP contribution in [0.25, 0.3) is 0 Å². The molecule has 0 bridgehead atoms. The van der Waals surface area contributed by atoms with Gasteiger partial charge in [-0.15, -0.1) is 0 Å². The normalized spacial score (nSPS) is 23.1. The van der Waals surface area contributed by atoms with Crippen LogP contribution in [-0.4, -0.2) is 53.7 Å². The molecule has 6 nitrogen and oxygen atoms in total. The lowest BCUT2D eigenvalue weighted by Crippen LogP contribution is -2.38. The van der Waals surface area contributed by atoms with Gasteiger partial charge in [0.1, 0.15) is 0 Å². The number of likely N-dealkylation sites (tertiary alicyclic amines) is 1. The predicted octanol–water partition coefficient (Wildman–Crippen LogP) is 3.67. The van der Waals surface area contributed by atoms with E-state index in [9.17, 15) is 4.79 Å². The fourth-order valence-electron chi connectivity index (χ4n) is 5.54. The standard InChI is InChI=1S/C25H32N4O2/c26-25(30)29-17-22-15-27-10-5-23(22)24(29)21-3-1-19(2-4-21)20-6-11-28(12-7-20)16-18-8-13-31-14-9-18/h1-5,10,15,18,20,24H,6-9,11-14,16-17H2,(H2,26,30). The van der Waals surface area contributed by atoms with E-state index in [1.165, 1.54) is 50.9 Å². The Labute approximate surface area is 184 Å². The lowest BCUT2D eigenvalue weighted by Gasteiger charge is -2.35. The number of hydrogen-bond donors (Lipinski definition) is 1. The van der Waals surface area contributed by atoms with Crippen LogP contribution in [0.3, 0.4) is 0 Å². The summed E-state index contributed by atoms with van der Waals surface area (Å²) < 4.78 is 5.50. The Morgan fingerprint density at radius 2 is 1.74 bits per heavy atom. The van der Waals surface area contributed by atoms with Gasteiger partial charge in [0.2, 0.25) is 0 Å². The Bertz CT molecular complexity index is 902. The number of carbonyl (C=O) groups excluding carboxylic acids is 1. The van der Waals surface area contributed by atoms with E-state index in [2.05, 4.69) is 34.1 Å². The number of hydrogen-bond acceptors (Lipinski definition) is 4. The quantitative estimate of drug-likeness (QED) is 0.819. The van der Waals surface area contributed by atoms with Crippen molar-refractivity contribution in [1.82, 2.24) is 14.8 Å². The van der Waals surface area contributed by atoms with E-state index in [1.54, 1.807) is 11.1 Å².